The van der Waals surface area contributed by atoms with Gasteiger partial charge in [-0.25, -0.2) is 4.99 Å². The Morgan fingerprint density at radius 2 is 1.94 bits per heavy atom. The van der Waals surface area contributed by atoms with Crippen LogP contribution in [0.1, 0.15) is 39.5 Å². The average Bonchev–Trinajstić information content (AvgIpc) is 2.74. The Labute approximate surface area is 108 Å². The second-order valence-corrected chi connectivity index (χ2v) is 4.44. The highest BCUT2D eigenvalue weighted by Gasteiger charge is 2.29. The number of hydrogen-bond donors (Lipinski definition) is 1. The van der Waals surface area contributed by atoms with Crippen LogP contribution in [-0.4, -0.2) is 17.7 Å². The summed E-state index contributed by atoms with van der Waals surface area (Å²) in [7, 11) is 0. The first-order chi connectivity index (χ1) is 8.67. The summed E-state index contributed by atoms with van der Waals surface area (Å²) < 4.78 is 0. The fourth-order valence-corrected chi connectivity index (χ4v) is 2.06. The number of amidine groups is 1. The van der Waals surface area contributed by atoms with Gasteiger partial charge in [0.15, 0.2) is 5.92 Å². The van der Waals surface area contributed by atoms with Crippen molar-refractivity contribution in [2.45, 2.75) is 45.7 Å². The summed E-state index contributed by atoms with van der Waals surface area (Å²) in [6, 6.07) is 3.78. The van der Waals surface area contributed by atoms with E-state index in [1.165, 1.54) is 0 Å². The first kappa shape index (κ1) is 14.2. The highest BCUT2D eigenvalue weighted by Crippen LogP contribution is 2.24. The Kier molecular flexibility index (Phi) is 5.32. The van der Waals surface area contributed by atoms with Crippen molar-refractivity contribution in [3.05, 3.63) is 0 Å². The molecule has 0 spiro atoms. The normalized spacial score (nSPS) is 19.9. The largest absolute Gasteiger partial charge is 0.382 e. The van der Waals surface area contributed by atoms with Crippen LogP contribution in [0, 0.1) is 34.5 Å². The van der Waals surface area contributed by atoms with Gasteiger partial charge in [-0.05, 0) is 12.8 Å². The topological polar surface area (TPSA) is 98.3 Å². The maximum absolute atomic E-state index is 8.86. The molecule has 0 aliphatic carbocycles. The third-order valence-corrected chi connectivity index (χ3v) is 3.21. The Balaban J connectivity index is 2.83. The molecule has 1 rings (SSSR count). The lowest BCUT2D eigenvalue weighted by atomic mass is 9.96. The molecule has 1 aliphatic heterocycles. The van der Waals surface area contributed by atoms with Gasteiger partial charge in [0.1, 0.15) is 17.7 Å². The molecule has 18 heavy (non-hydrogen) atoms. The molecule has 0 aromatic heterocycles. The molecule has 96 valence electrons. The fourth-order valence-electron chi connectivity index (χ4n) is 2.06. The van der Waals surface area contributed by atoms with Crippen molar-refractivity contribution in [3.63, 3.8) is 0 Å². The number of nitriles is 2. The van der Waals surface area contributed by atoms with E-state index in [0.29, 0.717) is 11.6 Å². The van der Waals surface area contributed by atoms with E-state index in [-0.39, 0.29) is 12.0 Å². The number of hydrogen-bond acceptors (Lipinski definition) is 5. The fraction of sp³-hybridized carbons (Fsp3) is 0.692. The van der Waals surface area contributed by atoms with Crippen LogP contribution >= 0.6 is 0 Å². The first-order valence-electron chi connectivity index (χ1n) is 6.38. The Morgan fingerprint density at radius 3 is 2.44 bits per heavy atom. The number of rotatable bonds is 6. The molecule has 2 atom stereocenters. The van der Waals surface area contributed by atoms with Crippen molar-refractivity contribution in [1.82, 2.24) is 0 Å². The van der Waals surface area contributed by atoms with Gasteiger partial charge in [-0.3, -0.25) is 4.99 Å². The molecule has 0 saturated carbocycles. The molecule has 0 aromatic rings. The summed E-state index contributed by atoms with van der Waals surface area (Å²) in [5, 5.41) is 17.7. The third-order valence-electron chi connectivity index (χ3n) is 3.21. The zero-order valence-corrected chi connectivity index (χ0v) is 10.9. The number of unbranched alkanes of at least 4 members (excludes halogenated alkanes) is 1. The lowest BCUT2D eigenvalue weighted by Gasteiger charge is -2.16. The minimum atomic E-state index is -0.901. The number of nitrogens with two attached hydrogens (primary N) is 1. The summed E-state index contributed by atoms with van der Waals surface area (Å²) in [6.45, 7) is 4.25. The molecule has 1 aliphatic rings. The molecule has 0 unspecified atom stereocenters. The minimum absolute atomic E-state index is 0.208. The van der Waals surface area contributed by atoms with Crippen LogP contribution in [0.3, 0.4) is 0 Å². The van der Waals surface area contributed by atoms with Gasteiger partial charge < -0.3 is 5.73 Å². The van der Waals surface area contributed by atoms with Crippen LogP contribution in [0.2, 0.25) is 0 Å². The Bertz CT molecular complexity index is 410. The number of aliphatic imine (C=N–C) groups is 2. The van der Waals surface area contributed by atoms with E-state index in [1.54, 1.807) is 0 Å². The molecule has 1 heterocycles. The molecular formula is C13H19N5. The lowest BCUT2D eigenvalue weighted by Crippen LogP contribution is -2.26. The predicted octanol–water partition coefficient (Wildman–Crippen LogP) is 2.00. The summed E-state index contributed by atoms with van der Waals surface area (Å²) in [5.74, 6) is -0.301. The first-order valence-corrected chi connectivity index (χ1v) is 6.38. The van der Waals surface area contributed by atoms with E-state index in [4.69, 9.17) is 16.3 Å². The maximum Gasteiger partial charge on any atom is 0.178 e. The molecule has 2 N–H and O–H groups in total. The van der Waals surface area contributed by atoms with Crippen LogP contribution in [-0.2, 0) is 0 Å². The van der Waals surface area contributed by atoms with Crippen LogP contribution < -0.4 is 5.73 Å². The predicted molar refractivity (Wildman–Crippen MR) is 70.9 cm³/mol. The minimum Gasteiger partial charge on any atom is -0.382 e. The van der Waals surface area contributed by atoms with Crippen molar-refractivity contribution >= 4 is 11.5 Å². The van der Waals surface area contributed by atoms with Crippen molar-refractivity contribution in [3.8, 4) is 12.1 Å². The summed E-state index contributed by atoms with van der Waals surface area (Å²) in [5.41, 5.74) is 6.11. The number of nitrogens with zero attached hydrogens (tertiary/aromatic N) is 4. The SMILES string of the molecule is CCCC[C@@H](CC)[C@@H]1N=C(N)C(C(C#N)C#N)=N1. The van der Waals surface area contributed by atoms with Crippen LogP contribution in [0.15, 0.2) is 9.98 Å². The second kappa shape index (κ2) is 6.76. The molecule has 0 saturated heterocycles. The van der Waals surface area contributed by atoms with Gasteiger partial charge in [0.05, 0.1) is 12.1 Å². The van der Waals surface area contributed by atoms with Crippen LogP contribution in [0.5, 0.6) is 0 Å². The zero-order chi connectivity index (χ0) is 13.5. The van der Waals surface area contributed by atoms with Gasteiger partial charge in [0, 0.05) is 5.92 Å². The van der Waals surface area contributed by atoms with Crippen LogP contribution in [0.25, 0.3) is 0 Å². The van der Waals surface area contributed by atoms with Crippen molar-refractivity contribution in [1.29, 1.82) is 10.5 Å². The maximum atomic E-state index is 8.86. The van der Waals surface area contributed by atoms with Gasteiger partial charge in [-0.2, -0.15) is 10.5 Å². The molecule has 0 bridgehead atoms. The van der Waals surface area contributed by atoms with Crippen molar-refractivity contribution < 1.29 is 0 Å². The van der Waals surface area contributed by atoms with Gasteiger partial charge in [-0.1, -0.05) is 26.7 Å². The van der Waals surface area contributed by atoms with E-state index < -0.39 is 5.92 Å². The smallest absolute Gasteiger partial charge is 0.178 e. The zero-order valence-electron chi connectivity index (χ0n) is 10.9. The van der Waals surface area contributed by atoms with E-state index in [2.05, 4.69) is 23.8 Å². The third kappa shape index (κ3) is 3.07. The van der Waals surface area contributed by atoms with E-state index in [1.807, 2.05) is 12.1 Å². The Morgan fingerprint density at radius 1 is 1.28 bits per heavy atom. The summed E-state index contributed by atoms with van der Waals surface area (Å²) in [4.78, 5) is 8.68. The van der Waals surface area contributed by atoms with Crippen molar-refractivity contribution in [2.75, 3.05) is 0 Å². The average molecular weight is 245 g/mol. The van der Waals surface area contributed by atoms with Crippen molar-refractivity contribution in [2.24, 2.45) is 27.6 Å². The quantitative estimate of drug-likeness (QED) is 0.774. The Hall–Kier alpha value is -1.88. The lowest BCUT2D eigenvalue weighted by molar-refractivity contribution is 0.384. The molecule has 0 fully saturated rings. The van der Waals surface area contributed by atoms with E-state index >= 15 is 0 Å². The highest BCUT2D eigenvalue weighted by atomic mass is 15.1. The van der Waals surface area contributed by atoms with E-state index in [0.717, 1.165) is 25.7 Å². The van der Waals surface area contributed by atoms with Gasteiger partial charge in [0.25, 0.3) is 0 Å². The van der Waals surface area contributed by atoms with Gasteiger partial charge in [-0.15, -0.1) is 0 Å². The molecule has 5 nitrogen and oxygen atoms in total. The molecular weight excluding hydrogens is 226 g/mol. The molecule has 0 aromatic carbocycles. The monoisotopic (exact) mass is 245 g/mol. The second-order valence-electron chi connectivity index (χ2n) is 4.44. The molecule has 0 amide bonds. The van der Waals surface area contributed by atoms with E-state index in [9.17, 15) is 0 Å². The highest BCUT2D eigenvalue weighted by molar-refractivity contribution is 6.43. The van der Waals surface area contributed by atoms with Gasteiger partial charge in [0.2, 0.25) is 0 Å². The summed E-state index contributed by atoms with van der Waals surface area (Å²) >= 11 is 0. The standard InChI is InChI=1S/C13H19N5/c1-3-5-6-9(4-2)13-17-11(12(16)18-13)10(7-14)8-15/h9-10,13H,3-6H2,1-2H3,(H2,16,18)/t9-,13+/m1/s1. The molecule has 0 radical (unpaired) electrons. The van der Waals surface area contributed by atoms with Gasteiger partial charge >= 0.3 is 0 Å². The summed E-state index contributed by atoms with van der Waals surface area (Å²) in [6.07, 6.45) is 4.09. The van der Waals surface area contributed by atoms with Crippen LogP contribution in [0.4, 0.5) is 0 Å². The molecule has 5 heteroatoms.